The molecular formula is C15H24N4O3S. The van der Waals surface area contributed by atoms with E-state index in [0.717, 1.165) is 24.8 Å². The zero-order valence-corrected chi connectivity index (χ0v) is 14.5. The summed E-state index contributed by atoms with van der Waals surface area (Å²) in [6, 6.07) is -0.422. The van der Waals surface area contributed by atoms with Crippen molar-refractivity contribution < 1.29 is 13.2 Å². The van der Waals surface area contributed by atoms with Crippen molar-refractivity contribution in [3.8, 4) is 0 Å². The molecule has 2 saturated heterocycles. The van der Waals surface area contributed by atoms with Crippen LogP contribution in [0.25, 0.3) is 0 Å². The molecule has 1 aromatic rings. The molecule has 0 radical (unpaired) electrons. The van der Waals surface area contributed by atoms with Gasteiger partial charge in [0.05, 0.1) is 25.0 Å². The average Bonchev–Trinajstić information content (AvgIpc) is 3.18. The third-order valence-corrected chi connectivity index (χ3v) is 6.02. The average molecular weight is 340 g/mol. The molecule has 0 bridgehead atoms. The molecule has 2 aliphatic heterocycles. The Kier molecular flexibility index (Phi) is 4.46. The smallest absolute Gasteiger partial charge is 0.241 e. The minimum atomic E-state index is -3.33. The van der Waals surface area contributed by atoms with Crippen LogP contribution in [0.5, 0.6) is 0 Å². The van der Waals surface area contributed by atoms with Crippen LogP contribution in [0.4, 0.5) is 0 Å². The van der Waals surface area contributed by atoms with Crippen molar-refractivity contribution in [3.05, 3.63) is 18.0 Å². The lowest BCUT2D eigenvalue weighted by Crippen LogP contribution is -2.49. The molecule has 7 nitrogen and oxygen atoms in total. The highest BCUT2D eigenvalue weighted by atomic mass is 32.2. The lowest BCUT2D eigenvalue weighted by Gasteiger charge is -2.30. The molecule has 23 heavy (non-hydrogen) atoms. The highest BCUT2D eigenvalue weighted by Crippen LogP contribution is 2.26. The first kappa shape index (κ1) is 16.4. The number of aryl methyl sites for hydroxylation is 1. The van der Waals surface area contributed by atoms with Crippen molar-refractivity contribution in [2.24, 2.45) is 0 Å². The van der Waals surface area contributed by atoms with E-state index in [-0.39, 0.29) is 11.9 Å². The van der Waals surface area contributed by atoms with Gasteiger partial charge in [-0.3, -0.25) is 9.48 Å². The van der Waals surface area contributed by atoms with E-state index in [2.05, 4.69) is 5.10 Å². The molecular weight excluding hydrogens is 316 g/mol. The Morgan fingerprint density at radius 3 is 2.70 bits per heavy atom. The molecule has 2 fully saturated rings. The van der Waals surface area contributed by atoms with Crippen molar-refractivity contribution in [1.29, 1.82) is 0 Å². The first-order chi connectivity index (χ1) is 10.9. The van der Waals surface area contributed by atoms with Gasteiger partial charge in [-0.1, -0.05) is 0 Å². The van der Waals surface area contributed by atoms with Gasteiger partial charge in [0, 0.05) is 19.3 Å². The number of hydrogen-bond acceptors (Lipinski definition) is 4. The Hall–Kier alpha value is -1.41. The van der Waals surface area contributed by atoms with Gasteiger partial charge in [-0.2, -0.15) is 9.40 Å². The van der Waals surface area contributed by atoms with Gasteiger partial charge in [0.25, 0.3) is 0 Å². The van der Waals surface area contributed by atoms with Crippen LogP contribution < -0.4 is 0 Å². The maximum Gasteiger partial charge on any atom is 0.241 e. The van der Waals surface area contributed by atoms with Crippen LogP contribution in [0.15, 0.2) is 12.4 Å². The molecule has 3 heterocycles. The number of nitrogens with zero attached hydrogens (tertiary/aromatic N) is 4. The van der Waals surface area contributed by atoms with Gasteiger partial charge in [0.2, 0.25) is 15.9 Å². The molecule has 0 spiro atoms. The summed E-state index contributed by atoms with van der Waals surface area (Å²) >= 11 is 0. The molecule has 1 aromatic heterocycles. The number of aromatic nitrogens is 2. The van der Waals surface area contributed by atoms with Crippen LogP contribution in [-0.4, -0.2) is 64.7 Å². The fourth-order valence-electron chi connectivity index (χ4n) is 3.67. The number of carbonyl (C=O) groups is 1. The molecule has 1 amide bonds. The zero-order chi connectivity index (χ0) is 16.6. The SMILES string of the molecule is Cc1cnn(C[C@H]2CCCN2C(=O)[C@H]2CCCN2S(C)(=O)=O)c1. The lowest BCUT2D eigenvalue weighted by molar-refractivity contribution is -0.135. The minimum Gasteiger partial charge on any atom is -0.336 e. The predicted molar refractivity (Wildman–Crippen MR) is 86.3 cm³/mol. The second-order valence-electron chi connectivity index (χ2n) is 6.60. The summed E-state index contributed by atoms with van der Waals surface area (Å²) in [6.07, 6.45) is 8.24. The fraction of sp³-hybridized carbons (Fsp3) is 0.733. The molecule has 128 valence electrons. The summed E-state index contributed by atoms with van der Waals surface area (Å²) in [5.41, 5.74) is 1.10. The third kappa shape index (κ3) is 3.42. The van der Waals surface area contributed by atoms with Gasteiger partial charge < -0.3 is 4.90 Å². The highest BCUT2D eigenvalue weighted by molar-refractivity contribution is 7.88. The second kappa shape index (κ2) is 6.24. The van der Waals surface area contributed by atoms with Crippen LogP contribution >= 0.6 is 0 Å². The summed E-state index contributed by atoms with van der Waals surface area (Å²) < 4.78 is 27.0. The first-order valence-electron chi connectivity index (χ1n) is 8.12. The summed E-state index contributed by atoms with van der Waals surface area (Å²) in [5, 5.41) is 4.30. The maximum absolute atomic E-state index is 12.9. The Morgan fingerprint density at radius 2 is 2.04 bits per heavy atom. The van der Waals surface area contributed by atoms with Crippen LogP contribution in [-0.2, 0) is 21.4 Å². The Balaban J connectivity index is 1.73. The number of rotatable bonds is 4. The molecule has 2 atom stereocenters. The van der Waals surface area contributed by atoms with Gasteiger partial charge >= 0.3 is 0 Å². The fourth-order valence-corrected chi connectivity index (χ4v) is 4.79. The number of likely N-dealkylation sites (tertiary alicyclic amines) is 1. The van der Waals surface area contributed by atoms with Crippen molar-refractivity contribution in [2.45, 2.75) is 51.2 Å². The van der Waals surface area contributed by atoms with Gasteiger partial charge in [-0.15, -0.1) is 0 Å². The maximum atomic E-state index is 12.9. The van der Waals surface area contributed by atoms with Crippen molar-refractivity contribution in [1.82, 2.24) is 19.0 Å². The van der Waals surface area contributed by atoms with Crippen LogP contribution in [0.3, 0.4) is 0 Å². The van der Waals surface area contributed by atoms with E-state index < -0.39 is 16.1 Å². The Bertz CT molecular complexity index is 685. The van der Waals surface area contributed by atoms with Gasteiger partial charge in [0.1, 0.15) is 6.04 Å². The predicted octanol–water partition coefficient (Wildman–Crippen LogP) is 0.607. The topological polar surface area (TPSA) is 75.5 Å². The van der Waals surface area contributed by atoms with Crippen molar-refractivity contribution in [2.75, 3.05) is 19.3 Å². The quantitative estimate of drug-likeness (QED) is 0.805. The number of amides is 1. The highest BCUT2D eigenvalue weighted by Gasteiger charge is 2.41. The lowest BCUT2D eigenvalue weighted by atomic mass is 10.1. The Morgan fingerprint density at radius 1 is 1.30 bits per heavy atom. The van der Waals surface area contributed by atoms with E-state index in [9.17, 15) is 13.2 Å². The summed E-state index contributed by atoms with van der Waals surface area (Å²) in [6.45, 7) is 3.82. The summed E-state index contributed by atoms with van der Waals surface area (Å²) in [4.78, 5) is 14.8. The zero-order valence-electron chi connectivity index (χ0n) is 13.7. The van der Waals surface area contributed by atoms with E-state index in [4.69, 9.17) is 0 Å². The van der Waals surface area contributed by atoms with E-state index in [1.54, 1.807) is 0 Å². The summed E-state index contributed by atoms with van der Waals surface area (Å²) in [7, 11) is -3.33. The number of carbonyl (C=O) groups excluding carboxylic acids is 1. The molecule has 0 unspecified atom stereocenters. The molecule has 0 N–H and O–H groups in total. The number of sulfonamides is 1. The van der Waals surface area contributed by atoms with Crippen LogP contribution in [0.2, 0.25) is 0 Å². The Labute approximate surface area is 137 Å². The van der Waals surface area contributed by atoms with E-state index in [1.807, 2.05) is 28.9 Å². The molecule has 0 aromatic carbocycles. The first-order valence-corrected chi connectivity index (χ1v) is 9.97. The largest absolute Gasteiger partial charge is 0.336 e. The molecule has 2 aliphatic rings. The van der Waals surface area contributed by atoms with Gasteiger partial charge in [-0.25, -0.2) is 8.42 Å². The number of hydrogen-bond donors (Lipinski definition) is 0. The second-order valence-corrected chi connectivity index (χ2v) is 8.53. The molecule has 8 heteroatoms. The monoisotopic (exact) mass is 340 g/mol. The standard InChI is InChI=1S/C15H24N4O3S/c1-12-9-16-17(10-12)11-13-5-3-7-18(13)15(20)14-6-4-8-19(14)23(2,21)22/h9-10,13-14H,3-8,11H2,1-2H3/t13-,14-/m1/s1. The van der Waals surface area contributed by atoms with Gasteiger partial charge in [0.15, 0.2) is 0 Å². The van der Waals surface area contributed by atoms with Crippen LogP contribution in [0, 0.1) is 6.92 Å². The minimum absolute atomic E-state index is 0.0423. The normalized spacial score (nSPS) is 26.1. The van der Waals surface area contributed by atoms with Crippen LogP contribution in [0.1, 0.15) is 31.2 Å². The van der Waals surface area contributed by atoms with Crippen molar-refractivity contribution in [3.63, 3.8) is 0 Å². The summed E-state index contributed by atoms with van der Waals surface area (Å²) in [5.74, 6) is -0.0423. The van der Waals surface area contributed by atoms with E-state index >= 15 is 0 Å². The molecule has 0 saturated carbocycles. The third-order valence-electron chi connectivity index (χ3n) is 4.74. The van der Waals surface area contributed by atoms with Crippen molar-refractivity contribution >= 4 is 15.9 Å². The molecule has 0 aliphatic carbocycles. The molecule has 3 rings (SSSR count). The van der Waals surface area contributed by atoms with E-state index in [0.29, 0.717) is 26.1 Å². The van der Waals surface area contributed by atoms with E-state index in [1.165, 1.54) is 10.6 Å². The van der Waals surface area contributed by atoms with Gasteiger partial charge in [-0.05, 0) is 38.2 Å².